The Morgan fingerprint density at radius 2 is 1.48 bits per heavy atom. The number of nitrogens with zero attached hydrogens (tertiary/aromatic N) is 1. The van der Waals surface area contributed by atoms with Gasteiger partial charge in [0.15, 0.2) is 0 Å². The molecule has 1 aliphatic rings. The van der Waals surface area contributed by atoms with Crippen LogP contribution in [0.15, 0.2) is 12.2 Å². The zero-order valence-electron chi connectivity index (χ0n) is 18.2. The lowest BCUT2D eigenvalue weighted by Gasteiger charge is -2.23. The minimum absolute atomic E-state index is 0.0198. The van der Waals surface area contributed by atoms with E-state index in [1.807, 2.05) is 7.05 Å². The molecular weight excluding hydrogens is 376 g/mol. The number of hydrogen-bond acceptors (Lipinski definition) is 7. The van der Waals surface area contributed by atoms with Crippen molar-refractivity contribution in [2.24, 2.45) is 0 Å². The highest BCUT2D eigenvalue weighted by Gasteiger charge is 2.17. The predicted molar refractivity (Wildman–Crippen MR) is 112 cm³/mol. The number of amides is 1. The van der Waals surface area contributed by atoms with Crippen LogP contribution in [0.1, 0.15) is 32.1 Å². The Bertz CT molecular complexity index is 422. The van der Waals surface area contributed by atoms with E-state index >= 15 is 0 Å². The van der Waals surface area contributed by atoms with Crippen molar-refractivity contribution in [3.8, 4) is 0 Å². The van der Waals surface area contributed by atoms with Gasteiger partial charge < -0.3 is 33.9 Å². The van der Waals surface area contributed by atoms with Crippen molar-refractivity contribution in [1.29, 1.82) is 0 Å². The van der Waals surface area contributed by atoms with Gasteiger partial charge in [-0.3, -0.25) is 0 Å². The maximum atomic E-state index is 12.2. The van der Waals surface area contributed by atoms with Crippen LogP contribution in [0.4, 0.5) is 4.79 Å². The average Bonchev–Trinajstić information content (AvgIpc) is 2.69. The van der Waals surface area contributed by atoms with Crippen LogP contribution >= 0.6 is 0 Å². The maximum absolute atomic E-state index is 12.2. The summed E-state index contributed by atoms with van der Waals surface area (Å²) < 4.78 is 27.3. The Balaban J connectivity index is 1.88. The lowest BCUT2D eigenvalue weighted by Crippen LogP contribution is -2.34. The lowest BCUT2D eigenvalue weighted by molar-refractivity contribution is -0.00379. The molecule has 1 N–H and O–H groups in total. The van der Waals surface area contributed by atoms with Gasteiger partial charge in [0.25, 0.3) is 0 Å². The first kappa shape index (κ1) is 25.8. The molecule has 1 atom stereocenters. The second kappa shape index (κ2) is 18.8. The molecule has 0 saturated heterocycles. The lowest BCUT2D eigenvalue weighted by atomic mass is 10.0. The summed E-state index contributed by atoms with van der Waals surface area (Å²) in [6.45, 7) is 5.74. The maximum Gasteiger partial charge on any atom is 0.409 e. The minimum atomic E-state index is -0.272. The van der Waals surface area contributed by atoms with Gasteiger partial charge in [0, 0.05) is 20.1 Å². The fourth-order valence-corrected chi connectivity index (χ4v) is 2.70. The van der Waals surface area contributed by atoms with E-state index in [-0.39, 0.29) is 12.2 Å². The zero-order chi connectivity index (χ0) is 21.0. The molecule has 8 heteroatoms. The van der Waals surface area contributed by atoms with Gasteiger partial charge in [-0.15, -0.1) is 0 Å². The minimum Gasteiger partial charge on any atom is -0.446 e. The molecule has 0 aromatic heterocycles. The summed E-state index contributed by atoms with van der Waals surface area (Å²) in [5.74, 6) is 0. The van der Waals surface area contributed by atoms with Crippen molar-refractivity contribution in [3.05, 3.63) is 12.2 Å². The van der Waals surface area contributed by atoms with Crippen LogP contribution < -0.4 is 5.32 Å². The van der Waals surface area contributed by atoms with Crippen molar-refractivity contribution in [2.45, 2.75) is 38.2 Å². The van der Waals surface area contributed by atoms with Crippen molar-refractivity contribution in [1.82, 2.24) is 10.2 Å². The van der Waals surface area contributed by atoms with E-state index in [2.05, 4.69) is 17.5 Å². The number of nitrogens with one attached hydrogen (secondary N) is 1. The summed E-state index contributed by atoms with van der Waals surface area (Å²) >= 11 is 0. The summed E-state index contributed by atoms with van der Waals surface area (Å²) in [5, 5.41) is 3.01. The largest absolute Gasteiger partial charge is 0.446 e. The van der Waals surface area contributed by atoms with Crippen LogP contribution in [0.3, 0.4) is 0 Å². The summed E-state index contributed by atoms with van der Waals surface area (Å²) in [5.41, 5.74) is 0. The first-order chi connectivity index (χ1) is 14.2. The van der Waals surface area contributed by atoms with E-state index in [1.165, 1.54) is 0 Å². The molecule has 29 heavy (non-hydrogen) atoms. The Kier molecular flexibility index (Phi) is 16.8. The third kappa shape index (κ3) is 15.3. The summed E-state index contributed by atoms with van der Waals surface area (Å²) in [4.78, 5) is 13.7. The average molecular weight is 417 g/mol. The number of hydrogen-bond donors (Lipinski definition) is 1. The molecule has 0 heterocycles. The number of rotatable bonds is 16. The van der Waals surface area contributed by atoms with Gasteiger partial charge in [0.2, 0.25) is 0 Å². The van der Waals surface area contributed by atoms with Gasteiger partial charge in [-0.05, 0) is 39.2 Å². The predicted octanol–water partition coefficient (Wildman–Crippen LogP) is 2.23. The van der Waals surface area contributed by atoms with Crippen LogP contribution in [0.5, 0.6) is 0 Å². The number of carbonyl (C=O) groups excluding carboxylic acids is 1. The van der Waals surface area contributed by atoms with E-state index in [4.69, 9.17) is 23.7 Å². The van der Waals surface area contributed by atoms with E-state index in [0.29, 0.717) is 59.4 Å². The summed E-state index contributed by atoms with van der Waals surface area (Å²) in [6, 6.07) is 0. The topological polar surface area (TPSA) is 78.5 Å². The Morgan fingerprint density at radius 1 is 0.897 bits per heavy atom. The summed E-state index contributed by atoms with van der Waals surface area (Å²) in [7, 11) is 3.64. The molecule has 8 nitrogen and oxygen atoms in total. The Hall–Kier alpha value is -1.19. The van der Waals surface area contributed by atoms with Crippen molar-refractivity contribution in [3.63, 3.8) is 0 Å². The van der Waals surface area contributed by atoms with Gasteiger partial charge in [0.1, 0.15) is 6.10 Å². The number of allylic oxidation sites excluding steroid dienone is 2. The van der Waals surface area contributed by atoms with Crippen molar-refractivity contribution in [2.75, 3.05) is 80.0 Å². The van der Waals surface area contributed by atoms with Crippen LogP contribution in [0.25, 0.3) is 0 Å². The molecule has 1 rings (SSSR count). The molecular formula is C21H40N2O6. The molecule has 0 aliphatic heterocycles. The quantitative estimate of drug-likeness (QED) is 0.305. The second-order valence-corrected chi connectivity index (χ2v) is 6.96. The molecule has 0 aromatic carbocycles. The number of likely N-dealkylation sites (N-methyl/N-ethyl adjacent to an activating group) is 2. The first-order valence-electron chi connectivity index (χ1n) is 10.8. The molecule has 0 aromatic rings. The molecule has 170 valence electrons. The van der Waals surface area contributed by atoms with Gasteiger partial charge in [-0.2, -0.15) is 0 Å². The SMILES string of the molecule is CNCCOCCOCCOCCOCCN(C)C(=O)OC1CC/C=C/CCC1. The Morgan fingerprint density at radius 3 is 2.14 bits per heavy atom. The normalized spacial score (nSPS) is 18.1. The van der Waals surface area contributed by atoms with E-state index in [0.717, 1.165) is 38.6 Å². The molecule has 1 unspecified atom stereocenters. The first-order valence-corrected chi connectivity index (χ1v) is 10.8. The highest BCUT2D eigenvalue weighted by atomic mass is 16.6. The van der Waals surface area contributed by atoms with Crippen LogP contribution in [-0.4, -0.2) is 97.1 Å². The highest BCUT2D eigenvalue weighted by Crippen LogP contribution is 2.16. The standard InChI is InChI=1S/C21H40N2O6/c1-22-10-12-25-14-16-27-18-19-28-17-15-26-13-11-23(2)21(24)29-20-8-6-4-3-5-7-9-20/h3-4,20,22H,5-19H2,1-2H3/b4-3+. The molecule has 0 spiro atoms. The van der Waals surface area contributed by atoms with Gasteiger partial charge in [-0.1, -0.05) is 12.2 Å². The van der Waals surface area contributed by atoms with Gasteiger partial charge >= 0.3 is 6.09 Å². The van der Waals surface area contributed by atoms with E-state index in [9.17, 15) is 4.79 Å². The summed E-state index contributed by atoms with van der Waals surface area (Å²) in [6.07, 6.45) is 9.07. The smallest absolute Gasteiger partial charge is 0.409 e. The molecule has 1 aliphatic carbocycles. The molecule has 0 bridgehead atoms. The fourth-order valence-electron chi connectivity index (χ4n) is 2.70. The molecule has 0 saturated carbocycles. The highest BCUT2D eigenvalue weighted by molar-refractivity contribution is 5.67. The monoisotopic (exact) mass is 416 g/mol. The molecule has 1 amide bonds. The third-order valence-corrected chi connectivity index (χ3v) is 4.48. The zero-order valence-corrected chi connectivity index (χ0v) is 18.2. The molecule has 0 radical (unpaired) electrons. The number of ether oxygens (including phenoxy) is 5. The van der Waals surface area contributed by atoms with Crippen molar-refractivity contribution >= 4 is 6.09 Å². The van der Waals surface area contributed by atoms with Crippen LogP contribution in [0.2, 0.25) is 0 Å². The third-order valence-electron chi connectivity index (χ3n) is 4.48. The van der Waals surface area contributed by atoms with Gasteiger partial charge in [0.05, 0.1) is 52.9 Å². The Labute approximate surface area is 175 Å². The van der Waals surface area contributed by atoms with Crippen LogP contribution in [-0.2, 0) is 23.7 Å². The van der Waals surface area contributed by atoms with Crippen LogP contribution in [0, 0.1) is 0 Å². The molecule has 0 fully saturated rings. The van der Waals surface area contributed by atoms with Gasteiger partial charge in [-0.25, -0.2) is 4.79 Å². The fraction of sp³-hybridized carbons (Fsp3) is 0.857. The van der Waals surface area contributed by atoms with Crippen molar-refractivity contribution < 1.29 is 28.5 Å². The van der Waals surface area contributed by atoms with E-state index < -0.39 is 0 Å². The number of carbonyl (C=O) groups is 1. The second-order valence-electron chi connectivity index (χ2n) is 6.96. The van der Waals surface area contributed by atoms with E-state index in [1.54, 1.807) is 11.9 Å².